The third-order valence-corrected chi connectivity index (χ3v) is 4.66. The standard InChI is InChI=1S/C14H24N4OS/c1-14(2,3)11(15)10-12(19)17-5-7-18(8-6-17)13-16-4-9-20-13/h4,9,11H,5-8,10,15H2,1-3H3. The molecule has 0 spiro atoms. The van der Waals surface area contributed by atoms with Gasteiger partial charge >= 0.3 is 0 Å². The molecule has 0 saturated carbocycles. The molecule has 2 heterocycles. The first-order valence-corrected chi connectivity index (χ1v) is 7.93. The zero-order valence-electron chi connectivity index (χ0n) is 12.5. The molecule has 1 atom stereocenters. The van der Waals surface area contributed by atoms with Crippen molar-refractivity contribution in [2.24, 2.45) is 11.1 Å². The van der Waals surface area contributed by atoms with Gasteiger partial charge in [-0.3, -0.25) is 4.79 Å². The molecule has 1 aliphatic heterocycles. The number of amides is 1. The second-order valence-electron chi connectivity index (χ2n) is 6.36. The number of carbonyl (C=O) groups excluding carboxylic acids is 1. The van der Waals surface area contributed by atoms with Crippen molar-refractivity contribution in [2.45, 2.75) is 33.2 Å². The minimum Gasteiger partial charge on any atom is -0.345 e. The quantitative estimate of drug-likeness (QED) is 0.919. The molecule has 1 saturated heterocycles. The van der Waals surface area contributed by atoms with E-state index in [-0.39, 0.29) is 17.4 Å². The van der Waals surface area contributed by atoms with Crippen LogP contribution in [0.4, 0.5) is 5.13 Å². The molecule has 0 radical (unpaired) electrons. The van der Waals surface area contributed by atoms with Crippen LogP contribution in [0.2, 0.25) is 0 Å². The van der Waals surface area contributed by atoms with Crippen LogP contribution in [0.3, 0.4) is 0 Å². The molecule has 1 fully saturated rings. The molecule has 0 aromatic carbocycles. The number of hydrogen-bond acceptors (Lipinski definition) is 5. The fraction of sp³-hybridized carbons (Fsp3) is 0.714. The topological polar surface area (TPSA) is 62.5 Å². The number of nitrogens with zero attached hydrogens (tertiary/aromatic N) is 3. The molecule has 0 bridgehead atoms. The number of anilines is 1. The molecule has 20 heavy (non-hydrogen) atoms. The second-order valence-corrected chi connectivity index (χ2v) is 7.23. The molecule has 112 valence electrons. The summed E-state index contributed by atoms with van der Waals surface area (Å²) in [6, 6.07) is -0.0907. The molecule has 1 aromatic heterocycles. The number of thiazole rings is 1. The monoisotopic (exact) mass is 296 g/mol. The van der Waals surface area contributed by atoms with E-state index in [4.69, 9.17) is 5.73 Å². The Hall–Kier alpha value is -1.14. The highest BCUT2D eigenvalue weighted by Crippen LogP contribution is 2.22. The Morgan fingerprint density at radius 3 is 2.55 bits per heavy atom. The SMILES string of the molecule is CC(C)(C)C(N)CC(=O)N1CCN(c2nccs2)CC1. The first kappa shape index (κ1) is 15.3. The van der Waals surface area contributed by atoms with Gasteiger partial charge in [-0.05, 0) is 5.41 Å². The van der Waals surface area contributed by atoms with Crippen LogP contribution in [0, 0.1) is 5.41 Å². The fourth-order valence-electron chi connectivity index (χ4n) is 2.14. The smallest absolute Gasteiger partial charge is 0.224 e. The van der Waals surface area contributed by atoms with E-state index in [0.29, 0.717) is 6.42 Å². The Labute approximate surface area is 124 Å². The lowest BCUT2D eigenvalue weighted by atomic mass is 9.85. The lowest BCUT2D eigenvalue weighted by Gasteiger charge is -2.36. The number of piperazine rings is 1. The molecule has 2 N–H and O–H groups in total. The molecule has 1 amide bonds. The van der Waals surface area contributed by atoms with E-state index < -0.39 is 0 Å². The predicted molar refractivity (Wildman–Crippen MR) is 83.0 cm³/mol. The van der Waals surface area contributed by atoms with Crippen LogP contribution >= 0.6 is 11.3 Å². The van der Waals surface area contributed by atoms with Crippen molar-refractivity contribution in [3.8, 4) is 0 Å². The van der Waals surface area contributed by atoms with Crippen LogP contribution in [-0.2, 0) is 4.79 Å². The van der Waals surface area contributed by atoms with Crippen molar-refractivity contribution in [3.63, 3.8) is 0 Å². The lowest BCUT2D eigenvalue weighted by Crippen LogP contribution is -2.50. The minimum absolute atomic E-state index is 0.0294. The third kappa shape index (κ3) is 3.70. The number of hydrogen-bond donors (Lipinski definition) is 1. The van der Waals surface area contributed by atoms with E-state index >= 15 is 0 Å². The van der Waals surface area contributed by atoms with Crippen LogP contribution in [0.15, 0.2) is 11.6 Å². The van der Waals surface area contributed by atoms with Gasteiger partial charge in [0, 0.05) is 50.2 Å². The maximum Gasteiger partial charge on any atom is 0.224 e. The summed E-state index contributed by atoms with van der Waals surface area (Å²) in [6.45, 7) is 9.45. The predicted octanol–water partition coefficient (Wildman–Crippen LogP) is 1.56. The van der Waals surface area contributed by atoms with Gasteiger partial charge in [-0.2, -0.15) is 0 Å². The molecule has 1 aliphatic rings. The summed E-state index contributed by atoms with van der Waals surface area (Å²) in [5, 5.41) is 3.03. The van der Waals surface area contributed by atoms with Crippen molar-refractivity contribution in [3.05, 3.63) is 11.6 Å². The first-order chi connectivity index (χ1) is 9.38. The molecule has 1 unspecified atom stereocenters. The van der Waals surface area contributed by atoms with E-state index in [2.05, 4.69) is 30.7 Å². The summed E-state index contributed by atoms with van der Waals surface area (Å²) < 4.78 is 0. The Balaban J connectivity index is 1.83. The van der Waals surface area contributed by atoms with Crippen molar-refractivity contribution < 1.29 is 4.79 Å². The number of aromatic nitrogens is 1. The third-order valence-electron chi connectivity index (χ3n) is 3.83. The van der Waals surface area contributed by atoms with E-state index in [1.54, 1.807) is 11.3 Å². The van der Waals surface area contributed by atoms with Gasteiger partial charge in [0.2, 0.25) is 5.91 Å². The maximum absolute atomic E-state index is 12.3. The Bertz CT molecular complexity index is 433. The summed E-state index contributed by atoms with van der Waals surface area (Å²) in [5.74, 6) is 0.172. The normalized spacial score (nSPS) is 18.2. The van der Waals surface area contributed by atoms with Crippen LogP contribution in [0.5, 0.6) is 0 Å². The van der Waals surface area contributed by atoms with E-state index in [1.165, 1.54) is 0 Å². The largest absolute Gasteiger partial charge is 0.345 e. The number of nitrogens with two attached hydrogens (primary N) is 1. The van der Waals surface area contributed by atoms with Gasteiger partial charge < -0.3 is 15.5 Å². The van der Waals surface area contributed by atoms with Gasteiger partial charge in [0.15, 0.2) is 5.13 Å². The average molecular weight is 296 g/mol. The summed E-state index contributed by atoms with van der Waals surface area (Å²) >= 11 is 1.64. The molecule has 1 aromatic rings. The van der Waals surface area contributed by atoms with Crippen molar-refractivity contribution >= 4 is 22.4 Å². The summed E-state index contributed by atoms with van der Waals surface area (Å²) in [7, 11) is 0. The van der Waals surface area contributed by atoms with Crippen LogP contribution in [0.25, 0.3) is 0 Å². The zero-order chi connectivity index (χ0) is 14.8. The van der Waals surface area contributed by atoms with Gasteiger partial charge in [-0.15, -0.1) is 11.3 Å². The molecule has 0 aliphatic carbocycles. The molecular weight excluding hydrogens is 272 g/mol. The minimum atomic E-state index is -0.0907. The van der Waals surface area contributed by atoms with Crippen molar-refractivity contribution in [1.82, 2.24) is 9.88 Å². The van der Waals surface area contributed by atoms with Crippen LogP contribution in [-0.4, -0.2) is 48.0 Å². The van der Waals surface area contributed by atoms with Crippen molar-refractivity contribution in [2.75, 3.05) is 31.1 Å². The number of carbonyl (C=O) groups is 1. The van der Waals surface area contributed by atoms with E-state index in [9.17, 15) is 4.79 Å². The molecule has 6 heteroatoms. The van der Waals surface area contributed by atoms with Crippen LogP contribution < -0.4 is 10.6 Å². The summed E-state index contributed by atoms with van der Waals surface area (Å²) in [6.07, 6.45) is 2.25. The lowest BCUT2D eigenvalue weighted by molar-refractivity contribution is -0.132. The van der Waals surface area contributed by atoms with E-state index in [1.807, 2.05) is 16.5 Å². The average Bonchev–Trinajstić information content (AvgIpc) is 2.91. The Kier molecular flexibility index (Phi) is 4.65. The molecule has 2 rings (SSSR count). The summed E-state index contributed by atoms with van der Waals surface area (Å²) in [4.78, 5) is 20.7. The van der Waals surface area contributed by atoms with Gasteiger partial charge in [-0.25, -0.2) is 4.98 Å². The van der Waals surface area contributed by atoms with Crippen molar-refractivity contribution in [1.29, 1.82) is 0 Å². The second kappa shape index (κ2) is 6.10. The van der Waals surface area contributed by atoms with Gasteiger partial charge in [0.25, 0.3) is 0 Å². The Morgan fingerprint density at radius 2 is 2.05 bits per heavy atom. The fourth-order valence-corrected chi connectivity index (χ4v) is 2.84. The summed E-state index contributed by atoms with van der Waals surface area (Å²) in [5.41, 5.74) is 6.07. The Morgan fingerprint density at radius 1 is 1.40 bits per heavy atom. The number of rotatable bonds is 3. The highest BCUT2D eigenvalue weighted by Gasteiger charge is 2.27. The highest BCUT2D eigenvalue weighted by molar-refractivity contribution is 7.13. The van der Waals surface area contributed by atoms with E-state index in [0.717, 1.165) is 31.3 Å². The van der Waals surface area contributed by atoms with Gasteiger partial charge in [0.1, 0.15) is 0 Å². The maximum atomic E-state index is 12.3. The van der Waals surface area contributed by atoms with Crippen LogP contribution in [0.1, 0.15) is 27.2 Å². The van der Waals surface area contributed by atoms with Gasteiger partial charge in [-0.1, -0.05) is 20.8 Å². The first-order valence-electron chi connectivity index (χ1n) is 7.06. The highest BCUT2D eigenvalue weighted by atomic mass is 32.1. The molecular formula is C14H24N4OS. The van der Waals surface area contributed by atoms with Gasteiger partial charge in [0.05, 0.1) is 0 Å². The molecule has 5 nitrogen and oxygen atoms in total. The zero-order valence-corrected chi connectivity index (χ0v) is 13.3.